The first kappa shape index (κ1) is 12.4. The van der Waals surface area contributed by atoms with Crippen LogP contribution in [0.5, 0.6) is 0 Å². The van der Waals surface area contributed by atoms with E-state index in [4.69, 9.17) is 0 Å². The molecule has 1 aliphatic carbocycles. The lowest BCUT2D eigenvalue weighted by Gasteiger charge is -2.30. The quantitative estimate of drug-likeness (QED) is 0.811. The Hall–Kier alpha value is -1.02. The van der Waals surface area contributed by atoms with Crippen molar-refractivity contribution in [2.24, 2.45) is 0 Å². The first-order valence-corrected chi connectivity index (χ1v) is 6.77. The SMILES string of the molecule is CCN(c1ccc(C)cc1)C(C)CNC1CC1. The number of nitrogens with zero attached hydrogens (tertiary/aromatic N) is 1. The molecule has 2 rings (SSSR count). The van der Waals surface area contributed by atoms with Crippen molar-refractivity contribution in [2.45, 2.75) is 45.7 Å². The summed E-state index contributed by atoms with van der Waals surface area (Å²) in [6, 6.07) is 10.2. The number of anilines is 1. The first-order valence-electron chi connectivity index (χ1n) is 6.77. The Morgan fingerprint density at radius 2 is 1.94 bits per heavy atom. The van der Waals surface area contributed by atoms with Gasteiger partial charge in [0.15, 0.2) is 0 Å². The number of hydrogen-bond donors (Lipinski definition) is 1. The second-order valence-electron chi connectivity index (χ2n) is 5.15. The van der Waals surface area contributed by atoms with Crippen molar-refractivity contribution in [1.82, 2.24) is 5.32 Å². The zero-order chi connectivity index (χ0) is 12.3. The lowest BCUT2D eigenvalue weighted by molar-refractivity contribution is 0.565. The molecule has 1 N–H and O–H groups in total. The Bertz CT molecular complexity index is 340. The lowest BCUT2D eigenvalue weighted by atomic mass is 10.2. The van der Waals surface area contributed by atoms with Gasteiger partial charge in [0.25, 0.3) is 0 Å². The smallest absolute Gasteiger partial charge is 0.0386 e. The van der Waals surface area contributed by atoms with E-state index in [-0.39, 0.29) is 0 Å². The molecule has 1 fully saturated rings. The average molecular weight is 232 g/mol. The summed E-state index contributed by atoms with van der Waals surface area (Å²) in [6.45, 7) is 8.83. The molecule has 17 heavy (non-hydrogen) atoms. The third-order valence-electron chi connectivity index (χ3n) is 3.52. The highest BCUT2D eigenvalue weighted by Gasteiger charge is 2.22. The largest absolute Gasteiger partial charge is 0.368 e. The van der Waals surface area contributed by atoms with Crippen LogP contribution in [0.3, 0.4) is 0 Å². The first-order chi connectivity index (χ1) is 8.20. The Labute approximate surface area is 105 Å². The van der Waals surface area contributed by atoms with Crippen molar-refractivity contribution in [1.29, 1.82) is 0 Å². The van der Waals surface area contributed by atoms with E-state index in [1.54, 1.807) is 0 Å². The summed E-state index contributed by atoms with van der Waals surface area (Å²) in [5.41, 5.74) is 2.66. The topological polar surface area (TPSA) is 15.3 Å². The van der Waals surface area contributed by atoms with E-state index >= 15 is 0 Å². The molecule has 94 valence electrons. The molecule has 0 aliphatic heterocycles. The van der Waals surface area contributed by atoms with E-state index in [9.17, 15) is 0 Å². The van der Waals surface area contributed by atoms with Crippen molar-refractivity contribution in [3.63, 3.8) is 0 Å². The van der Waals surface area contributed by atoms with Gasteiger partial charge in [-0.1, -0.05) is 17.7 Å². The van der Waals surface area contributed by atoms with Crippen LogP contribution in [0.25, 0.3) is 0 Å². The number of rotatable bonds is 6. The average Bonchev–Trinajstić information content (AvgIpc) is 3.14. The van der Waals surface area contributed by atoms with Gasteiger partial charge in [-0.15, -0.1) is 0 Å². The van der Waals surface area contributed by atoms with Crippen molar-refractivity contribution in [2.75, 3.05) is 18.0 Å². The van der Waals surface area contributed by atoms with Crippen LogP contribution in [-0.4, -0.2) is 25.2 Å². The van der Waals surface area contributed by atoms with Crippen molar-refractivity contribution < 1.29 is 0 Å². The second-order valence-corrected chi connectivity index (χ2v) is 5.15. The van der Waals surface area contributed by atoms with Crippen molar-refractivity contribution >= 4 is 5.69 Å². The van der Waals surface area contributed by atoms with Crippen LogP contribution < -0.4 is 10.2 Å². The van der Waals surface area contributed by atoms with Gasteiger partial charge in [0, 0.05) is 30.9 Å². The molecule has 2 heteroatoms. The molecule has 1 aromatic carbocycles. The predicted molar refractivity (Wildman–Crippen MR) is 74.7 cm³/mol. The van der Waals surface area contributed by atoms with Gasteiger partial charge >= 0.3 is 0 Å². The van der Waals surface area contributed by atoms with Gasteiger partial charge in [-0.2, -0.15) is 0 Å². The molecular formula is C15H24N2. The fourth-order valence-corrected chi connectivity index (χ4v) is 2.22. The van der Waals surface area contributed by atoms with Crippen LogP contribution in [-0.2, 0) is 0 Å². The second kappa shape index (κ2) is 5.54. The molecule has 0 spiro atoms. The Balaban J connectivity index is 1.95. The fraction of sp³-hybridized carbons (Fsp3) is 0.600. The number of likely N-dealkylation sites (N-methyl/N-ethyl adjacent to an activating group) is 1. The summed E-state index contributed by atoms with van der Waals surface area (Å²) in [5.74, 6) is 0. The molecule has 0 aromatic heterocycles. The summed E-state index contributed by atoms with van der Waals surface area (Å²) in [7, 11) is 0. The minimum absolute atomic E-state index is 0.559. The van der Waals surface area contributed by atoms with Gasteiger partial charge in [0.2, 0.25) is 0 Å². The molecule has 1 saturated carbocycles. The van der Waals surface area contributed by atoms with E-state index in [0.717, 1.165) is 19.1 Å². The maximum Gasteiger partial charge on any atom is 0.0386 e. The zero-order valence-corrected chi connectivity index (χ0v) is 11.2. The maximum absolute atomic E-state index is 3.61. The van der Waals surface area contributed by atoms with E-state index in [1.807, 2.05) is 0 Å². The molecule has 0 radical (unpaired) electrons. The van der Waals surface area contributed by atoms with E-state index in [2.05, 4.69) is 55.3 Å². The van der Waals surface area contributed by atoms with Crippen LogP contribution in [0.1, 0.15) is 32.3 Å². The summed E-state index contributed by atoms with van der Waals surface area (Å²) in [4.78, 5) is 2.47. The summed E-state index contributed by atoms with van der Waals surface area (Å²) in [5, 5.41) is 3.61. The Morgan fingerprint density at radius 1 is 1.29 bits per heavy atom. The highest BCUT2D eigenvalue weighted by molar-refractivity contribution is 5.48. The highest BCUT2D eigenvalue weighted by Crippen LogP contribution is 2.20. The highest BCUT2D eigenvalue weighted by atomic mass is 15.2. The third-order valence-corrected chi connectivity index (χ3v) is 3.52. The summed E-state index contributed by atoms with van der Waals surface area (Å²) >= 11 is 0. The van der Waals surface area contributed by atoms with Gasteiger partial charge < -0.3 is 10.2 Å². The van der Waals surface area contributed by atoms with Crippen LogP contribution in [0.15, 0.2) is 24.3 Å². The summed E-state index contributed by atoms with van der Waals surface area (Å²) in [6.07, 6.45) is 2.73. The van der Waals surface area contributed by atoms with Crippen LogP contribution in [0.4, 0.5) is 5.69 Å². The Morgan fingerprint density at radius 3 is 2.47 bits per heavy atom. The van der Waals surface area contributed by atoms with Gasteiger partial charge in [-0.3, -0.25) is 0 Å². The normalized spacial score (nSPS) is 16.9. The van der Waals surface area contributed by atoms with Gasteiger partial charge in [0.05, 0.1) is 0 Å². The molecule has 1 atom stereocenters. The number of benzene rings is 1. The van der Waals surface area contributed by atoms with Gasteiger partial charge in [0.1, 0.15) is 0 Å². The molecular weight excluding hydrogens is 208 g/mol. The standard InChI is InChI=1S/C15H24N2/c1-4-17(13(3)11-16-14-7-8-14)15-9-5-12(2)6-10-15/h5-6,9-10,13-14,16H,4,7-8,11H2,1-3H3. The lowest BCUT2D eigenvalue weighted by Crippen LogP contribution is -2.41. The van der Waals surface area contributed by atoms with Crippen LogP contribution in [0, 0.1) is 6.92 Å². The molecule has 1 aromatic rings. The molecule has 0 bridgehead atoms. The predicted octanol–water partition coefficient (Wildman–Crippen LogP) is 2.96. The van der Waals surface area contributed by atoms with E-state index < -0.39 is 0 Å². The summed E-state index contributed by atoms with van der Waals surface area (Å²) < 4.78 is 0. The van der Waals surface area contributed by atoms with Crippen LogP contribution >= 0.6 is 0 Å². The van der Waals surface area contributed by atoms with Gasteiger partial charge in [-0.05, 0) is 45.7 Å². The van der Waals surface area contributed by atoms with E-state index in [1.165, 1.54) is 24.1 Å². The monoisotopic (exact) mass is 232 g/mol. The maximum atomic E-state index is 3.61. The molecule has 0 saturated heterocycles. The number of hydrogen-bond acceptors (Lipinski definition) is 2. The van der Waals surface area contributed by atoms with Gasteiger partial charge in [-0.25, -0.2) is 0 Å². The van der Waals surface area contributed by atoms with Crippen molar-refractivity contribution in [3.8, 4) is 0 Å². The van der Waals surface area contributed by atoms with E-state index in [0.29, 0.717) is 6.04 Å². The zero-order valence-electron chi connectivity index (χ0n) is 11.2. The number of nitrogens with one attached hydrogen (secondary N) is 1. The Kier molecular flexibility index (Phi) is 4.06. The molecule has 0 heterocycles. The molecule has 1 unspecified atom stereocenters. The minimum atomic E-state index is 0.559. The third kappa shape index (κ3) is 3.47. The molecule has 0 amide bonds. The molecule has 1 aliphatic rings. The van der Waals surface area contributed by atoms with Crippen LogP contribution in [0.2, 0.25) is 0 Å². The fourth-order valence-electron chi connectivity index (χ4n) is 2.22. The number of aryl methyl sites for hydroxylation is 1. The van der Waals surface area contributed by atoms with Crippen molar-refractivity contribution in [3.05, 3.63) is 29.8 Å². The minimum Gasteiger partial charge on any atom is -0.368 e. The molecule has 2 nitrogen and oxygen atoms in total.